The van der Waals surface area contributed by atoms with Crippen LogP contribution in [0.4, 0.5) is 13.2 Å². The Bertz CT molecular complexity index is 822. The fourth-order valence-electron chi connectivity index (χ4n) is 4.19. The van der Waals surface area contributed by atoms with Crippen molar-refractivity contribution in [2.24, 2.45) is 16.9 Å². The van der Waals surface area contributed by atoms with Crippen molar-refractivity contribution in [1.82, 2.24) is 5.01 Å². The summed E-state index contributed by atoms with van der Waals surface area (Å²) in [6.45, 7) is 6.91. The molecule has 5 nitrogen and oxygen atoms in total. The molecule has 1 saturated carbocycles. The second-order valence-corrected chi connectivity index (χ2v) is 8.32. The molecule has 1 aliphatic carbocycles. The second kappa shape index (κ2) is 7.63. The highest BCUT2D eigenvalue weighted by Crippen LogP contribution is 2.49. The maximum atomic E-state index is 13.9. The monoisotopic (exact) mass is 412 g/mol. The normalized spacial score (nSPS) is 27.1. The van der Waals surface area contributed by atoms with Gasteiger partial charge in [0.05, 0.1) is 5.92 Å². The zero-order valence-electron chi connectivity index (χ0n) is 17.1. The number of aliphatic hydroxyl groups is 1. The molecule has 3 atom stereocenters. The molecule has 3 rings (SSSR count). The second-order valence-electron chi connectivity index (χ2n) is 8.32. The average molecular weight is 412 g/mol. The average Bonchev–Trinajstić information content (AvgIpc) is 2.95. The van der Waals surface area contributed by atoms with Crippen LogP contribution in [-0.4, -0.2) is 40.2 Å². The van der Waals surface area contributed by atoms with Crippen LogP contribution in [0.3, 0.4) is 0 Å². The summed E-state index contributed by atoms with van der Waals surface area (Å²) in [6.07, 6.45) is -3.66. The van der Waals surface area contributed by atoms with E-state index in [0.29, 0.717) is 18.6 Å². The number of alkyl halides is 3. The summed E-state index contributed by atoms with van der Waals surface area (Å²) in [4.78, 5) is 12.7. The molecule has 1 aliphatic heterocycles. The van der Waals surface area contributed by atoms with Gasteiger partial charge >= 0.3 is 6.18 Å². The van der Waals surface area contributed by atoms with Crippen LogP contribution in [0.25, 0.3) is 0 Å². The van der Waals surface area contributed by atoms with Crippen LogP contribution < -0.4 is 4.74 Å². The Labute approximate surface area is 168 Å². The number of amides is 1. The van der Waals surface area contributed by atoms with Crippen molar-refractivity contribution in [2.75, 3.05) is 6.61 Å². The molecule has 1 amide bonds. The number of halogens is 3. The summed E-state index contributed by atoms with van der Waals surface area (Å²) >= 11 is 0. The maximum absolute atomic E-state index is 13.9. The van der Waals surface area contributed by atoms with Gasteiger partial charge < -0.3 is 9.84 Å². The van der Waals surface area contributed by atoms with Gasteiger partial charge in [0.2, 0.25) is 0 Å². The molecule has 0 unspecified atom stereocenters. The third-order valence-corrected chi connectivity index (χ3v) is 5.81. The number of aryl methyl sites for hydroxylation is 1. The molecule has 1 aromatic carbocycles. The largest absolute Gasteiger partial charge is 0.483 e. The zero-order chi connectivity index (χ0) is 21.6. The van der Waals surface area contributed by atoms with Gasteiger partial charge in [-0.2, -0.15) is 23.3 Å². The Balaban J connectivity index is 1.87. The number of carbonyl (C=O) groups excluding carboxylic acids is 1. The predicted molar refractivity (Wildman–Crippen MR) is 103 cm³/mol. The van der Waals surface area contributed by atoms with E-state index in [-0.39, 0.29) is 29.0 Å². The molecular weight excluding hydrogens is 385 g/mol. The lowest BCUT2D eigenvalue weighted by atomic mass is 9.75. The Morgan fingerprint density at radius 1 is 1.38 bits per heavy atom. The van der Waals surface area contributed by atoms with E-state index in [1.165, 1.54) is 0 Å². The van der Waals surface area contributed by atoms with E-state index in [0.717, 1.165) is 11.1 Å². The number of hydrogen-bond acceptors (Lipinski definition) is 4. The van der Waals surface area contributed by atoms with Gasteiger partial charge in [0.25, 0.3) is 11.6 Å². The summed E-state index contributed by atoms with van der Waals surface area (Å²) in [5.74, 6) is -1.91. The van der Waals surface area contributed by atoms with Crippen LogP contribution in [0.1, 0.15) is 57.1 Å². The molecule has 1 fully saturated rings. The van der Waals surface area contributed by atoms with Gasteiger partial charge in [-0.25, -0.2) is 0 Å². The molecule has 0 spiro atoms. The van der Waals surface area contributed by atoms with Gasteiger partial charge in [0.1, 0.15) is 5.75 Å². The van der Waals surface area contributed by atoms with E-state index < -0.39 is 30.3 Å². The molecule has 0 radical (unpaired) electrons. The Morgan fingerprint density at radius 2 is 2.07 bits per heavy atom. The SMILES string of the molecule is Cc1ccc(C(C)C)c(OCC(=O)N2N=C3[C@H](C)CCC[C@H]3[C@@]2(O)C(F)(F)F)c1. The molecule has 160 valence electrons. The molecule has 0 aromatic heterocycles. The minimum Gasteiger partial charge on any atom is -0.483 e. The van der Waals surface area contributed by atoms with Crippen LogP contribution in [0.15, 0.2) is 23.3 Å². The first-order chi connectivity index (χ1) is 13.5. The minimum atomic E-state index is -5.03. The van der Waals surface area contributed by atoms with E-state index >= 15 is 0 Å². The topological polar surface area (TPSA) is 62.1 Å². The highest BCUT2D eigenvalue weighted by Gasteiger charge is 2.69. The molecule has 0 bridgehead atoms. The molecule has 1 N–H and O–H groups in total. The number of rotatable bonds is 4. The number of carbonyl (C=O) groups is 1. The standard InChI is InChI=1S/C21H27F3N2O3/c1-12(2)15-9-8-13(3)10-17(15)29-11-18(27)26-20(28,21(22,23)24)16-7-5-6-14(4)19(16)25-26/h8-10,12,14,16,28H,5-7,11H2,1-4H3/t14-,16-,20-/m1/s1. The molecule has 8 heteroatoms. The van der Waals surface area contributed by atoms with Crippen LogP contribution in [0.5, 0.6) is 5.75 Å². The number of benzene rings is 1. The Morgan fingerprint density at radius 3 is 2.69 bits per heavy atom. The summed E-state index contributed by atoms with van der Waals surface area (Å²) in [7, 11) is 0. The van der Waals surface area contributed by atoms with Crippen LogP contribution in [0.2, 0.25) is 0 Å². The molecule has 29 heavy (non-hydrogen) atoms. The van der Waals surface area contributed by atoms with Gasteiger partial charge in [0.15, 0.2) is 6.61 Å². The first-order valence-electron chi connectivity index (χ1n) is 9.90. The predicted octanol–water partition coefficient (Wildman–Crippen LogP) is 4.38. The lowest BCUT2D eigenvalue weighted by Crippen LogP contribution is -2.62. The highest BCUT2D eigenvalue weighted by molar-refractivity contribution is 5.95. The summed E-state index contributed by atoms with van der Waals surface area (Å²) in [6, 6.07) is 5.53. The Kier molecular flexibility index (Phi) is 5.69. The van der Waals surface area contributed by atoms with Gasteiger partial charge in [-0.15, -0.1) is 0 Å². The van der Waals surface area contributed by atoms with Crippen molar-refractivity contribution in [1.29, 1.82) is 0 Å². The molecule has 1 heterocycles. The maximum Gasteiger partial charge on any atom is 0.439 e. The van der Waals surface area contributed by atoms with Crippen LogP contribution in [0, 0.1) is 18.8 Å². The lowest BCUT2D eigenvalue weighted by Gasteiger charge is -2.38. The smallest absolute Gasteiger partial charge is 0.439 e. The number of fused-ring (bicyclic) bond motifs is 1. The number of hydrazone groups is 1. The van der Waals surface area contributed by atoms with Crippen LogP contribution in [-0.2, 0) is 4.79 Å². The third kappa shape index (κ3) is 3.74. The fourth-order valence-corrected chi connectivity index (χ4v) is 4.19. The summed E-state index contributed by atoms with van der Waals surface area (Å²) in [5, 5.41) is 14.8. The fraction of sp³-hybridized carbons (Fsp3) is 0.619. The summed E-state index contributed by atoms with van der Waals surface area (Å²) in [5.41, 5.74) is -1.33. The third-order valence-electron chi connectivity index (χ3n) is 5.81. The van der Waals surface area contributed by atoms with E-state index in [1.54, 1.807) is 13.0 Å². The van der Waals surface area contributed by atoms with E-state index in [2.05, 4.69) is 5.10 Å². The first kappa shape index (κ1) is 21.6. The molecule has 1 aromatic rings. The lowest BCUT2D eigenvalue weighted by molar-refractivity contribution is -0.317. The number of ether oxygens (including phenoxy) is 1. The number of hydrogen-bond donors (Lipinski definition) is 1. The van der Waals surface area contributed by atoms with Gasteiger partial charge in [-0.3, -0.25) is 4.79 Å². The van der Waals surface area contributed by atoms with E-state index in [9.17, 15) is 23.1 Å². The van der Waals surface area contributed by atoms with Gasteiger partial charge in [-0.1, -0.05) is 39.3 Å². The summed E-state index contributed by atoms with van der Waals surface area (Å²) < 4.78 is 47.2. The first-order valence-corrected chi connectivity index (χ1v) is 9.90. The van der Waals surface area contributed by atoms with Crippen molar-refractivity contribution in [3.05, 3.63) is 29.3 Å². The zero-order valence-corrected chi connectivity index (χ0v) is 17.1. The molecule has 0 saturated heterocycles. The van der Waals surface area contributed by atoms with Gasteiger partial charge in [-0.05, 0) is 48.8 Å². The minimum absolute atomic E-state index is 0.114. The quantitative estimate of drug-likeness (QED) is 0.798. The van der Waals surface area contributed by atoms with E-state index in [4.69, 9.17) is 4.74 Å². The van der Waals surface area contributed by atoms with Crippen molar-refractivity contribution in [3.8, 4) is 5.75 Å². The van der Waals surface area contributed by atoms with E-state index in [1.807, 2.05) is 32.9 Å². The van der Waals surface area contributed by atoms with Crippen molar-refractivity contribution in [2.45, 2.75) is 64.8 Å². The van der Waals surface area contributed by atoms with Crippen molar-refractivity contribution >= 4 is 11.6 Å². The molecular formula is C21H27F3N2O3. The van der Waals surface area contributed by atoms with Crippen molar-refractivity contribution in [3.63, 3.8) is 0 Å². The Hall–Kier alpha value is -2.09. The number of nitrogens with zero attached hydrogens (tertiary/aromatic N) is 2. The van der Waals surface area contributed by atoms with Crippen molar-refractivity contribution < 1.29 is 27.8 Å². The molecule has 2 aliphatic rings. The van der Waals surface area contributed by atoms with Gasteiger partial charge in [0, 0.05) is 5.71 Å². The highest BCUT2D eigenvalue weighted by atomic mass is 19.4. The van der Waals surface area contributed by atoms with Crippen LogP contribution >= 0.6 is 0 Å².